The normalized spacial score (nSPS) is 15.9. The van der Waals surface area contributed by atoms with Crippen molar-refractivity contribution >= 4 is 46.2 Å². The van der Waals surface area contributed by atoms with E-state index >= 15 is 0 Å². The molecule has 8 heteroatoms. The van der Waals surface area contributed by atoms with Gasteiger partial charge in [0.1, 0.15) is 4.32 Å². The Labute approximate surface area is 175 Å². The van der Waals surface area contributed by atoms with E-state index in [0.29, 0.717) is 40.1 Å². The number of methoxy groups -OCH3 is 2. The molecule has 1 saturated heterocycles. The van der Waals surface area contributed by atoms with Crippen molar-refractivity contribution in [2.75, 3.05) is 20.8 Å². The van der Waals surface area contributed by atoms with Gasteiger partial charge >= 0.3 is 0 Å². The predicted octanol–water partition coefficient (Wildman–Crippen LogP) is 3.60. The molecule has 0 atom stereocenters. The molecule has 0 bridgehead atoms. The zero-order valence-corrected chi connectivity index (χ0v) is 18.5. The van der Waals surface area contributed by atoms with Gasteiger partial charge in [0.05, 0.1) is 19.1 Å². The van der Waals surface area contributed by atoms with Gasteiger partial charge in [0.2, 0.25) is 5.91 Å². The van der Waals surface area contributed by atoms with Crippen molar-refractivity contribution in [2.45, 2.75) is 39.2 Å². The summed E-state index contributed by atoms with van der Waals surface area (Å²) in [5, 5.41) is 2.91. The molecule has 1 heterocycles. The van der Waals surface area contributed by atoms with E-state index < -0.39 is 0 Å². The van der Waals surface area contributed by atoms with Crippen molar-refractivity contribution < 1.29 is 19.1 Å². The van der Waals surface area contributed by atoms with Crippen LogP contribution in [-0.2, 0) is 9.59 Å². The number of ether oxygens (including phenoxy) is 2. The number of hydrogen-bond donors (Lipinski definition) is 1. The van der Waals surface area contributed by atoms with Crippen molar-refractivity contribution in [3.05, 3.63) is 28.7 Å². The highest BCUT2D eigenvalue weighted by Gasteiger charge is 2.31. The summed E-state index contributed by atoms with van der Waals surface area (Å²) in [4.78, 5) is 26.7. The summed E-state index contributed by atoms with van der Waals surface area (Å²) in [5.41, 5.74) is 0.559. The van der Waals surface area contributed by atoms with Crippen LogP contribution in [0.3, 0.4) is 0 Å². The van der Waals surface area contributed by atoms with Crippen molar-refractivity contribution in [1.82, 2.24) is 10.2 Å². The molecular weight excluding hydrogens is 396 g/mol. The van der Waals surface area contributed by atoms with Crippen LogP contribution in [0.1, 0.15) is 39.2 Å². The van der Waals surface area contributed by atoms with Gasteiger partial charge in [0, 0.05) is 18.5 Å². The molecule has 2 amide bonds. The molecule has 1 aromatic rings. The van der Waals surface area contributed by atoms with E-state index in [2.05, 4.69) is 5.32 Å². The molecule has 1 fully saturated rings. The highest BCUT2D eigenvalue weighted by Crippen LogP contribution is 2.34. The fourth-order valence-electron chi connectivity index (χ4n) is 2.67. The zero-order chi connectivity index (χ0) is 20.9. The molecule has 2 rings (SSSR count). The van der Waals surface area contributed by atoms with E-state index in [1.165, 1.54) is 11.8 Å². The molecule has 1 aliphatic rings. The Morgan fingerprint density at radius 2 is 1.93 bits per heavy atom. The van der Waals surface area contributed by atoms with E-state index in [9.17, 15) is 9.59 Å². The molecule has 6 nitrogen and oxygen atoms in total. The molecule has 0 saturated carbocycles. The van der Waals surface area contributed by atoms with Gasteiger partial charge in [-0.25, -0.2) is 0 Å². The van der Waals surface area contributed by atoms with Crippen molar-refractivity contribution in [3.63, 3.8) is 0 Å². The lowest BCUT2D eigenvalue weighted by molar-refractivity contribution is -0.124. The Balaban J connectivity index is 2.01. The van der Waals surface area contributed by atoms with Crippen LogP contribution in [0.25, 0.3) is 6.08 Å². The number of benzene rings is 1. The highest BCUT2D eigenvalue weighted by atomic mass is 32.2. The fraction of sp³-hybridized carbons (Fsp3) is 0.450. The molecule has 0 unspecified atom stereocenters. The van der Waals surface area contributed by atoms with Gasteiger partial charge in [-0.1, -0.05) is 30.0 Å². The fourth-order valence-corrected chi connectivity index (χ4v) is 3.97. The van der Waals surface area contributed by atoms with Gasteiger partial charge in [-0.15, -0.1) is 0 Å². The standard InChI is InChI=1S/C20H26N2O4S2/c1-20(2,3)21-17(23)7-6-10-22-18(24)16(28-19(22)27)12-13-8-9-14(25-4)15(11-13)26-5/h8-9,11-12H,6-7,10H2,1-5H3,(H,21,23)/b16-12-. The number of hydrogen-bond acceptors (Lipinski definition) is 6. The highest BCUT2D eigenvalue weighted by molar-refractivity contribution is 8.26. The minimum Gasteiger partial charge on any atom is -0.493 e. The third-order valence-electron chi connectivity index (χ3n) is 3.88. The second kappa shape index (κ2) is 9.43. The molecule has 0 spiro atoms. The Kier molecular flexibility index (Phi) is 7.48. The number of nitrogens with one attached hydrogen (secondary N) is 1. The first-order chi connectivity index (χ1) is 13.1. The smallest absolute Gasteiger partial charge is 0.266 e. The summed E-state index contributed by atoms with van der Waals surface area (Å²) in [6.45, 7) is 6.23. The first-order valence-corrected chi connectivity index (χ1v) is 10.2. The third-order valence-corrected chi connectivity index (χ3v) is 5.26. The number of rotatable bonds is 7. The number of nitrogens with zero attached hydrogens (tertiary/aromatic N) is 1. The first kappa shape index (κ1) is 22.2. The maximum atomic E-state index is 12.7. The van der Waals surface area contributed by atoms with Crippen LogP contribution in [0.2, 0.25) is 0 Å². The lowest BCUT2D eigenvalue weighted by atomic mass is 10.1. The monoisotopic (exact) mass is 422 g/mol. The predicted molar refractivity (Wildman–Crippen MR) is 117 cm³/mol. The SMILES string of the molecule is COc1ccc(/C=C2\SC(=S)N(CCCC(=O)NC(C)(C)C)C2=O)cc1OC. The van der Waals surface area contributed by atoms with E-state index in [-0.39, 0.29) is 17.4 Å². The first-order valence-electron chi connectivity index (χ1n) is 8.93. The molecule has 1 aromatic carbocycles. The Morgan fingerprint density at radius 3 is 2.54 bits per heavy atom. The van der Waals surface area contributed by atoms with Crippen molar-refractivity contribution in [2.24, 2.45) is 0 Å². The molecule has 28 heavy (non-hydrogen) atoms. The average Bonchev–Trinajstić information content (AvgIpc) is 2.87. The van der Waals surface area contributed by atoms with E-state index in [1.807, 2.05) is 32.9 Å². The zero-order valence-electron chi connectivity index (χ0n) is 16.8. The van der Waals surface area contributed by atoms with E-state index in [0.717, 1.165) is 5.56 Å². The van der Waals surface area contributed by atoms with Crippen molar-refractivity contribution in [3.8, 4) is 11.5 Å². The molecule has 0 aliphatic carbocycles. The molecule has 1 N–H and O–H groups in total. The van der Waals surface area contributed by atoms with Crippen LogP contribution in [0.15, 0.2) is 23.1 Å². The van der Waals surface area contributed by atoms with Gasteiger partial charge in [0.25, 0.3) is 5.91 Å². The van der Waals surface area contributed by atoms with Gasteiger partial charge < -0.3 is 14.8 Å². The number of carbonyl (C=O) groups is 2. The lowest BCUT2D eigenvalue weighted by Gasteiger charge is -2.21. The topological polar surface area (TPSA) is 67.9 Å². The Morgan fingerprint density at radius 1 is 1.25 bits per heavy atom. The Bertz CT molecular complexity index is 800. The maximum absolute atomic E-state index is 12.7. The van der Waals surface area contributed by atoms with Crippen LogP contribution in [0.5, 0.6) is 11.5 Å². The van der Waals surface area contributed by atoms with Gasteiger partial charge in [-0.05, 0) is 51.0 Å². The number of thiocarbonyl (C=S) groups is 1. The summed E-state index contributed by atoms with van der Waals surface area (Å²) in [7, 11) is 3.14. The largest absolute Gasteiger partial charge is 0.493 e. The average molecular weight is 423 g/mol. The minimum absolute atomic E-state index is 0.0289. The molecule has 1 aliphatic heterocycles. The summed E-state index contributed by atoms with van der Waals surface area (Å²) in [6, 6.07) is 5.45. The van der Waals surface area contributed by atoms with E-state index in [4.69, 9.17) is 21.7 Å². The molecule has 152 valence electrons. The summed E-state index contributed by atoms with van der Waals surface area (Å²) >= 11 is 6.61. The van der Waals surface area contributed by atoms with Crippen LogP contribution < -0.4 is 14.8 Å². The number of carbonyl (C=O) groups excluding carboxylic acids is 2. The second-order valence-electron chi connectivity index (χ2n) is 7.35. The van der Waals surface area contributed by atoms with E-state index in [1.54, 1.807) is 31.3 Å². The number of amides is 2. The van der Waals surface area contributed by atoms with Gasteiger partial charge in [-0.3, -0.25) is 14.5 Å². The molecular formula is C20H26N2O4S2. The molecule has 0 radical (unpaired) electrons. The number of thioether (sulfide) groups is 1. The maximum Gasteiger partial charge on any atom is 0.266 e. The van der Waals surface area contributed by atoms with Crippen molar-refractivity contribution in [1.29, 1.82) is 0 Å². The minimum atomic E-state index is -0.263. The van der Waals surface area contributed by atoms with Crippen LogP contribution in [-0.4, -0.2) is 47.3 Å². The van der Waals surface area contributed by atoms with Gasteiger partial charge in [0.15, 0.2) is 11.5 Å². The quantitative estimate of drug-likeness (QED) is 0.535. The molecule has 0 aromatic heterocycles. The van der Waals surface area contributed by atoms with Crippen LogP contribution >= 0.6 is 24.0 Å². The van der Waals surface area contributed by atoms with Crippen LogP contribution in [0, 0.1) is 0 Å². The summed E-state index contributed by atoms with van der Waals surface area (Å²) < 4.78 is 11.0. The summed E-state index contributed by atoms with van der Waals surface area (Å²) in [5.74, 6) is 1.05. The summed E-state index contributed by atoms with van der Waals surface area (Å²) in [6.07, 6.45) is 2.69. The Hall–Kier alpha value is -2.06. The van der Waals surface area contributed by atoms with Gasteiger partial charge in [-0.2, -0.15) is 0 Å². The lowest BCUT2D eigenvalue weighted by Crippen LogP contribution is -2.40. The third kappa shape index (κ3) is 5.97. The van der Waals surface area contributed by atoms with Crippen LogP contribution in [0.4, 0.5) is 0 Å². The second-order valence-corrected chi connectivity index (χ2v) is 9.03.